The molecule has 0 aromatic heterocycles. The van der Waals surface area contributed by atoms with E-state index in [4.69, 9.17) is 16.9 Å². The number of nitrogens with zero attached hydrogens (tertiary/aromatic N) is 1. The van der Waals surface area contributed by atoms with E-state index in [2.05, 4.69) is 0 Å². The van der Waals surface area contributed by atoms with Crippen LogP contribution in [0.5, 0.6) is 0 Å². The lowest BCUT2D eigenvalue weighted by molar-refractivity contribution is -0.138. The van der Waals surface area contributed by atoms with Gasteiger partial charge in [0.2, 0.25) is 0 Å². The second-order valence-corrected chi connectivity index (χ2v) is 3.16. The Balaban J connectivity index is 3.36. The van der Waals surface area contributed by atoms with E-state index in [-0.39, 0.29) is 0 Å². The summed E-state index contributed by atoms with van der Waals surface area (Å²) in [6, 6.07) is 2.66. The summed E-state index contributed by atoms with van der Waals surface area (Å²) in [6.07, 6.45) is -5.15. The van der Waals surface area contributed by atoms with Gasteiger partial charge in [-0.15, -0.1) is 0 Å². The summed E-state index contributed by atoms with van der Waals surface area (Å²) in [7, 11) is 0. The summed E-state index contributed by atoms with van der Waals surface area (Å²) >= 11 is 5.23. The molecule has 1 aromatic carbocycles. The van der Waals surface area contributed by atoms with E-state index < -0.39 is 34.6 Å². The van der Waals surface area contributed by atoms with Gasteiger partial charge in [0, 0.05) is 0 Å². The monoisotopic (exact) mass is 237 g/mol. The Morgan fingerprint density at radius 3 is 2.40 bits per heavy atom. The second kappa shape index (κ2) is 4.07. The first kappa shape index (κ1) is 11.8. The maximum Gasteiger partial charge on any atom is 0.416 e. The van der Waals surface area contributed by atoms with Crippen molar-refractivity contribution in [1.29, 1.82) is 5.26 Å². The maximum atomic E-state index is 12.9. The summed E-state index contributed by atoms with van der Waals surface area (Å²) < 4.78 is 50.0. The van der Waals surface area contributed by atoms with E-state index in [0.717, 1.165) is 0 Å². The molecule has 0 fully saturated rings. The molecule has 1 rings (SSSR count). The summed E-state index contributed by atoms with van der Waals surface area (Å²) in [5.41, 5.74) is -1.48. The Bertz CT molecular complexity index is 419. The average Bonchev–Trinajstić information content (AvgIpc) is 2.09. The van der Waals surface area contributed by atoms with Gasteiger partial charge < -0.3 is 0 Å². The first-order valence-corrected chi connectivity index (χ1v) is 4.16. The van der Waals surface area contributed by atoms with Crippen molar-refractivity contribution in [2.75, 3.05) is 0 Å². The lowest BCUT2D eigenvalue weighted by atomic mass is 10.0. The molecule has 0 heterocycles. The molecular formula is C9H4ClF4N. The molecular weight excluding hydrogens is 234 g/mol. The molecule has 1 nitrogen and oxygen atoms in total. The van der Waals surface area contributed by atoms with E-state index in [9.17, 15) is 17.6 Å². The number of alkyl halides is 3. The number of hydrogen-bond donors (Lipinski definition) is 0. The van der Waals surface area contributed by atoms with E-state index in [1.165, 1.54) is 6.07 Å². The van der Waals surface area contributed by atoms with Gasteiger partial charge in [0.1, 0.15) is 5.82 Å². The normalized spacial score (nSPS) is 11.2. The fourth-order valence-electron chi connectivity index (χ4n) is 1.08. The molecule has 0 bridgehead atoms. The minimum atomic E-state index is -4.64. The second-order valence-electron chi connectivity index (χ2n) is 2.76. The smallest absolute Gasteiger partial charge is 0.205 e. The maximum absolute atomic E-state index is 12.9. The molecule has 0 aliphatic heterocycles. The Morgan fingerprint density at radius 1 is 1.33 bits per heavy atom. The van der Waals surface area contributed by atoms with Gasteiger partial charge >= 0.3 is 6.18 Å². The van der Waals surface area contributed by atoms with Crippen molar-refractivity contribution in [3.63, 3.8) is 0 Å². The first-order valence-electron chi connectivity index (χ1n) is 3.78. The van der Waals surface area contributed by atoms with Crippen LogP contribution in [-0.4, -0.2) is 0 Å². The van der Waals surface area contributed by atoms with Gasteiger partial charge in [0.05, 0.1) is 23.1 Å². The lowest BCUT2D eigenvalue weighted by Crippen LogP contribution is -2.09. The number of nitriles is 1. The quantitative estimate of drug-likeness (QED) is 0.685. The molecule has 1 aromatic rings. The zero-order chi connectivity index (χ0) is 11.6. The van der Waals surface area contributed by atoms with Crippen molar-refractivity contribution in [3.8, 4) is 6.07 Å². The third-order valence-electron chi connectivity index (χ3n) is 1.72. The van der Waals surface area contributed by atoms with Gasteiger partial charge in [-0.1, -0.05) is 11.6 Å². The van der Waals surface area contributed by atoms with Gasteiger partial charge in [-0.25, -0.2) is 4.39 Å². The Kier molecular flexibility index (Phi) is 3.20. The van der Waals surface area contributed by atoms with Crippen molar-refractivity contribution < 1.29 is 17.6 Å². The highest BCUT2D eigenvalue weighted by Gasteiger charge is 2.34. The van der Waals surface area contributed by atoms with Gasteiger partial charge in [-0.2, -0.15) is 18.4 Å². The van der Waals surface area contributed by atoms with E-state index in [0.29, 0.717) is 12.1 Å². The van der Waals surface area contributed by atoms with Crippen LogP contribution in [-0.2, 0) is 12.6 Å². The Labute approximate surface area is 87.9 Å². The van der Waals surface area contributed by atoms with Gasteiger partial charge in [0.15, 0.2) is 0 Å². The van der Waals surface area contributed by atoms with Crippen LogP contribution in [0.25, 0.3) is 0 Å². The molecule has 0 saturated carbocycles. The van der Waals surface area contributed by atoms with Crippen LogP contribution in [0, 0.1) is 17.1 Å². The van der Waals surface area contributed by atoms with E-state index >= 15 is 0 Å². The van der Waals surface area contributed by atoms with Crippen molar-refractivity contribution >= 4 is 11.6 Å². The first-order chi connectivity index (χ1) is 6.86. The van der Waals surface area contributed by atoms with Crippen LogP contribution < -0.4 is 0 Å². The molecule has 0 radical (unpaired) electrons. The number of benzene rings is 1. The van der Waals surface area contributed by atoms with Crippen LogP contribution in [0.1, 0.15) is 11.1 Å². The molecule has 0 N–H and O–H groups in total. The van der Waals surface area contributed by atoms with Crippen LogP contribution in [0.4, 0.5) is 17.6 Å². The zero-order valence-corrected chi connectivity index (χ0v) is 7.95. The highest BCUT2D eigenvalue weighted by Crippen LogP contribution is 2.34. The molecule has 0 unspecified atom stereocenters. The predicted octanol–water partition coefficient (Wildman–Crippen LogP) is 3.56. The molecule has 0 aliphatic carbocycles. The van der Waals surface area contributed by atoms with Gasteiger partial charge in [-0.05, 0) is 17.7 Å². The van der Waals surface area contributed by atoms with Crippen LogP contribution in [0.3, 0.4) is 0 Å². The summed E-state index contributed by atoms with van der Waals surface area (Å²) in [6.45, 7) is 0. The highest BCUT2D eigenvalue weighted by atomic mass is 35.5. The highest BCUT2D eigenvalue weighted by molar-refractivity contribution is 6.30. The third kappa shape index (κ3) is 2.60. The molecule has 0 spiro atoms. The van der Waals surface area contributed by atoms with Crippen LogP contribution >= 0.6 is 11.6 Å². The summed E-state index contributed by atoms with van der Waals surface area (Å²) in [5.74, 6) is -0.963. The summed E-state index contributed by atoms with van der Waals surface area (Å²) in [4.78, 5) is 0. The molecule has 0 saturated heterocycles. The fraction of sp³-hybridized carbons (Fsp3) is 0.222. The van der Waals surface area contributed by atoms with Gasteiger partial charge in [0.25, 0.3) is 0 Å². The van der Waals surface area contributed by atoms with Crippen molar-refractivity contribution in [2.45, 2.75) is 12.6 Å². The Morgan fingerprint density at radius 2 is 1.93 bits per heavy atom. The number of halogens is 5. The molecule has 15 heavy (non-hydrogen) atoms. The molecule has 0 amide bonds. The largest absolute Gasteiger partial charge is 0.416 e. The SMILES string of the molecule is N#CCc1cc(F)c(Cl)cc1C(F)(F)F. The zero-order valence-electron chi connectivity index (χ0n) is 7.20. The van der Waals surface area contributed by atoms with Crippen molar-refractivity contribution in [3.05, 3.63) is 34.1 Å². The van der Waals surface area contributed by atoms with E-state index in [1.54, 1.807) is 0 Å². The fourth-order valence-corrected chi connectivity index (χ4v) is 1.25. The van der Waals surface area contributed by atoms with Crippen molar-refractivity contribution in [1.82, 2.24) is 0 Å². The standard InChI is InChI=1S/C9H4ClF4N/c10-7-4-6(9(12,13)14)5(1-2-15)3-8(7)11/h3-4H,1H2. The number of hydrogen-bond acceptors (Lipinski definition) is 1. The van der Waals surface area contributed by atoms with Gasteiger partial charge in [-0.3, -0.25) is 0 Å². The van der Waals surface area contributed by atoms with Crippen molar-refractivity contribution in [2.24, 2.45) is 0 Å². The Hall–Kier alpha value is -1.28. The van der Waals surface area contributed by atoms with E-state index in [1.807, 2.05) is 0 Å². The third-order valence-corrected chi connectivity index (χ3v) is 2.01. The lowest BCUT2D eigenvalue weighted by Gasteiger charge is -2.11. The molecule has 0 atom stereocenters. The minimum Gasteiger partial charge on any atom is -0.205 e. The number of rotatable bonds is 1. The summed E-state index contributed by atoms with van der Waals surface area (Å²) in [5, 5.41) is 7.69. The average molecular weight is 238 g/mol. The molecule has 6 heteroatoms. The topological polar surface area (TPSA) is 23.8 Å². The minimum absolute atomic E-state index is 0.410. The molecule has 80 valence electrons. The predicted molar refractivity (Wildman–Crippen MR) is 45.7 cm³/mol. The van der Waals surface area contributed by atoms with Crippen LogP contribution in [0.2, 0.25) is 5.02 Å². The molecule has 0 aliphatic rings. The van der Waals surface area contributed by atoms with Crippen LogP contribution in [0.15, 0.2) is 12.1 Å².